The third-order valence-electron chi connectivity index (χ3n) is 3.75. The molecule has 0 aromatic rings. The Bertz CT molecular complexity index is 378. The highest BCUT2D eigenvalue weighted by atomic mass is 16.4. The molecule has 0 aromatic carbocycles. The zero-order chi connectivity index (χ0) is 16.2. The van der Waals surface area contributed by atoms with Crippen LogP contribution in [-0.4, -0.2) is 52.3 Å². The Hall–Kier alpha value is -1.30. The van der Waals surface area contributed by atoms with E-state index in [2.05, 4.69) is 5.32 Å². The number of aliphatic hydroxyl groups excluding tert-OH is 1. The summed E-state index contributed by atoms with van der Waals surface area (Å²) in [5, 5.41) is 21.5. The summed E-state index contributed by atoms with van der Waals surface area (Å²) >= 11 is 0. The van der Waals surface area contributed by atoms with Crippen molar-refractivity contribution in [3.63, 3.8) is 0 Å². The molecule has 1 fully saturated rings. The van der Waals surface area contributed by atoms with Gasteiger partial charge in [0.05, 0.1) is 12.5 Å². The maximum absolute atomic E-state index is 12.3. The lowest BCUT2D eigenvalue weighted by molar-refractivity contribution is -0.137. The molecule has 0 aromatic heterocycles. The number of carboxylic acid groups (broad SMARTS) is 1. The summed E-state index contributed by atoms with van der Waals surface area (Å²) in [4.78, 5) is 24.9. The number of likely N-dealkylation sites (tertiary alicyclic amines) is 1. The fourth-order valence-electron chi connectivity index (χ4n) is 2.71. The topological polar surface area (TPSA) is 89.9 Å². The molecule has 3 N–H and O–H groups in total. The lowest BCUT2D eigenvalue weighted by atomic mass is 9.87. The van der Waals surface area contributed by atoms with Gasteiger partial charge < -0.3 is 20.4 Å². The molecule has 21 heavy (non-hydrogen) atoms. The predicted octanol–water partition coefficient (Wildman–Crippen LogP) is 1.68. The van der Waals surface area contributed by atoms with Crippen LogP contribution in [0.15, 0.2) is 0 Å². The summed E-state index contributed by atoms with van der Waals surface area (Å²) in [6, 6.07) is -0.610. The average molecular weight is 300 g/mol. The number of piperidine rings is 1. The Kier molecular flexibility index (Phi) is 6.01. The highest BCUT2D eigenvalue weighted by molar-refractivity contribution is 5.76. The maximum atomic E-state index is 12.3. The minimum absolute atomic E-state index is 0.0463. The summed E-state index contributed by atoms with van der Waals surface area (Å²) in [5.41, 5.74) is -0.0568. The third-order valence-corrected chi connectivity index (χ3v) is 3.75. The zero-order valence-electron chi connectivity index (χ0n) is 13.4. The molecule has 1 aliphatic rings. The molecule has 0 aliphatic carbocycles. The van der Waals surface area contributed by atoms with Crippen molar-refractivity contribution >= 4 is 12.0 Å². The van der Waals surface area contributed by atoms with Crippen LogP contribution < -0.4 is 5.32 Å². The molecule has 0 saturated carbocycles. The Morgan fingerprint density at radius 3 is 2.48 bits per heavy atom. The monoisotopic (exact) mass is 300 g/mol. The first-order valence-electron chi connectivity index (χ1n) is 7.54. The van der Waals surface area contributed by atoms with E-state index in [4.69, 9.17) is 5.11 Å². The Morgan fingerprint density at radius 2 is 2.00 bits per heavy atom. The fourth-order valence-corrected chi connectivity index (χ4v) is 2.71. The lowest BCUT2D eigenvalue weighted by Gasteiger charge is -2.36. The number of aliphatic hydroxyl groups is 1. The minimum Gasteiger partial charge on any atom is -0.481 e. The van der Waals surface area contributed by atoms with Gasteiger partial charge in [0.1, 0.15) is 0 Å². The molecule has 3 unspecified atom stereocenters. The van der Waals surface area contributed by atoms with Crippen molar-refractivity contribution in [2.75, 3.05) is 13.1 Å². The van der Waals surface area contributed by atoms with Gasteiger partial charge in [-0.3, -0.25) is 4.79 Å². The lowest BCUT2D eigenvalue weighted by Crippen LogP contribution is -2.52. The second-order valence-electron chi connectivity index (χ2n) is 7.29. The van der Waals surface area contributed by atoms with Gasteiger partial charge in [0.15, 0.2) is 0 Å². The van der Waals surface area contributed by atoms with Crippen LogP contribution in [0.4, 0.5) is 4.79 Å². The molecule has 1 heterocycles. The maximum Gasteiger partial charge on any atom is 0.317 e. The third kappa shape index (κ3) is 6.33. The smallest absolute Gasteiger partial charge is 0.317 e. The molecule has 6 nitrogen and oxygen atoms in total. The van der Waals surface area contributed by atoms with E-state index in [9.17, 15) is 14.7 Å². The van der Waals surface area contributed by atoms with Gasteiger partial charge in [-0.15, -0.1) is 0 Å². The van der Waals surface area contributed by atoms with E-state index in [0.717, 1.165) is 0 Å². The van der Waals surface area contributed by atoms with Crippen molar-refractivity contribution in [3.8, 4) is 0 Å². The quantitative estimate of drug-likeness (QED) is 0.737. The molecule has 1 rings (SSSR count). The summed E-state index contributed by atoms with van der Waals surface area (Å²) in [6.45, 7) is 8.98. The van der Waals surface area contributed by atoms with Gasteiger partial charge in [-0.2, -0.15) is 0 Å². The first-order chi connectivity index (χ1) is 9.58. The van der Waals surface area contributed by atoms with E-state index in [0.29, 0.717) is 25.9 Å². The average Bonchev–Trinajstić information content (AvgIpc) is 2.29. The van der Waals surface area contributed by atoms with E-state index in [1.54, 1.807) is 4.90 Å². The van der Waals surface area contributed by atoms with Crippen molar-refractivity contribution in [3.05, 3.63) is 0 Å². The van der Waals surface area contributed by atoms with Crippen LogP contribution in [0.5, 0.6) is 0 Å². The largest absolute Gasteiger partial charge is 0.481 e. The number of rotatable bonds is 4. The number of nitrogens with zero attached hydrogens (tertiary/aromatic N) is 1. The normalized spacial score (nSPS) is 24.5. The van der Waals surface area contributed by atoms with E-state index < -0.39 is 5.97 Å². The summed E-state index contributed by atoms with van der Waals surface area (Å²) in [6.07, 6.45) is 0.738. The Labute approximate surface area is 126 Å². The van der Waals surface area contributed by atoms with Crippen LogP contribution in [0.2, 0.25) is 0 Å². The predicted molar refractivity (Wildman–Crippen MR) is 80.0 cm³/mol. The van der Waals surface area contributed by atoms with Gasteiger partial charge >= 0.3 is 12.0 Å². The minimum atomic E-state index is -0.910. The molecule has 1 aliphatic heterocycles. The van der Waals surface area contributed by atoms with Gasteiger partial charge in [0.2, 0.25) is 0 Å². The van der Waals surface area contributed by atoms with E-state index >= 15 is 0 Å². The van der Waals surface area contributed by atoms with Crippen LogP contribution in [0.25, 0.3) is 0 Å². The van der Waals surface area contributed by atoms with Crippen molar-refractivity contribution in [2.45, 2.75) is 59.1 Å². The number of hydrogen-bond donors (Lipinski definition) is 3. The van der Waals surface area contributed by atoms with Crippen LogP contribution in [0.1, 0.15) is 47.0 Å². The molecular weight excluding hydrogens is 272 g/mol. The van der Waals surface area contributed by atoms with Gasteiger partial charge in [-0.25, -0.2) is 4.79 Å². The first kappa shape index (κ1) is 17.8. The number of carbonyl (C=O) groups excluding carboxylic acids is 1. The summed E-state index contributed by atoms with van der Waals surface area (Å²) in [7, 11) is 0. The number of aliphatic carboxylic acids is 1. The Morgan fingerprint density at radius 1 is 1.38 bits per heavy atom. The van der Waals surface area contributed by atoms with Crippen LogP contribution >= 0.6 is 0 Å². The Balaban J connectivity index is 2.61. The number of amides is 2. The molecule has 1 saturated heterocycles. The van der Waals surface area contributed by atoms with Crippen molar-refractivity contribution < 1.29 is 19.8 Å². The van der Waals surface area contributed by atoms with Crippen molar-refractivity contribution in [1.82, 2.24) is 10.2 Å². The molecule has 0 spiro atoms. The van der Waals surface area contributed by atoms with Gasteiger partial charge in [0, 0.05) is 19.1 Å². The van der Waals surface area contributed by atoms with Gasteiger partial charge in [0.25, 0.3) is 0 Å². The molecule has 0 radical (unpaired) electrons. The first-order valence-corrected chi connectivity index (χ1v) is 7.54. The SMILES string of the molecule is CC1CN(C(=O)NC(CC(=O)O)CC(C)(C)C)CCC1O. The molecule has 3 atom stereocenters. The standard InChI is InChI=1S/C15H28N2O4/c1-10-9-17(6-5-12(10)18)14(21)16-11(7-13(19)20)8-15(2,3)4/h10-12,18H,5-9H2,1-4H3,(H,16,21)(H,19,20). The number of nitrogens with one attached hydrogen (secondary N) is 1. The van der Waals surface area contributed by atoms with Crippen molar-refractivity contribution in [1.29, 1.82) is 0 Å². The van der Waals surface area contributed by atoms with Gasteiger partial charge in [-0.1, -0.05) is 27.7 Å². The van der Waals surface area contributed by atoms with E-state index in [1.165, 1.54) is 0 Å². The van der Waals surface area contributed by atoms with Crippen LogP contribution in [-0.2, 0) is 4.79 Å². The molecule has 6 heteroatoms. The summed E-state index contributed by atoms with van der Waals surface area (Å²) < 4.78 is 0. The number of carboxylic acids is 1. The van der Waals surface area contributed by atoms with Crippen molar-refractivity contribution in [2.24, 2.45) is 11.3 Å². The van der Waals surface area contributed by atoms with E-state index in [-0.39, 0.29) is 35.9 Å². The molecule has 0 bridgehead atoms. The molecule has 2 amide bonds. The van der Waals surface area contributed by atoms with Crippen LogP contribution in [0.3, 0.4) is 0 Å². The number of carbonyl (C=O) groups is 2. The number of urea groups is 1. The number of hydrogen-bond acceptors (Lipinski definition) is 3. The second-order valence-corrected chi connectivity index (χ2v) is 7.29. The fraction of sp³-hybridized carbons (Fsp3) is 0.867. The highest BCUT2D eigenvalue weighted by Crippen LogP contribution is 2.23. The molecular formula is C15H28N2O4. The summed E-state index contributed by atoms with van der Waals surface area (Å²) in [5.74, 6) is -0.864. The van der Waals surface area contributed by atoms with E-state index in [1.807, 2.05) is 27.7 Å². The van der Waals surface area contributed by atoms with Gasteiger partial charge in [-0.05, 0) is 24.2 Å². The van der Waals surface area contributed by atoms with Crippen LogP contribution in [0, 0.1) is 11.3 Å². The zero-order valence-corrected chi connectivity index (χ0v) is 13.4. The highest BCUT2D eigenvalue weighted by Gasteiger charge is 2.29. The second kappa shape index (κ2) is 7.11. The molecule has 122 valence electrons.